The summed E-state index contributed by atoms with van der Waals surface area (Å²) >= 11 is 0. The average molecular weight is 252 g/mol. The Morgan fingerprint density at radius 3 is 2.94 bits per heavy atom. The van der Waals surface area contributed by atoms with Gasteiger partial charge in [0.1, 0.15) is 6.04 Å². The molecule has 2 fully saturated rings. The van der Waals surface area contributed by atoms with E-state index in [1.54, 1.807) is 0 Å². The largest absolute Gasteiger partial charge is 0.479 e. The highest BCUT2D eigenvalue weighted by molar-refractivity contribution is 5.76. The van der Waals surface area contributed by atoms with E-state index in [9.17, 15) is 18.7 Å². The van der Waals surface area contributed by atoms with Crippen molar-refractivity contribution in [2.24, 2.45) is 0 Å². The van der Waals surface area contributed by atoms with Crippen LogP contribution in [0.2, 0.25) is 0 Å². The van der Waals surface area contributed by atoms with Gasteiger partial charge in [-0.15, -0.1) is 0 Å². The van der Waals surface area contributed by atoms with Crippen LogP contribution in [-0.2, 0) is 9.63 Å². The van der Waals surface area contributed by atoms with Crippen molar-refractivity contribution in [1.29, 1.82) is 0 Å². The van der Waals surface area contributed by atoms with Crippen LogP contribution >= 0.6 is 0 Å². The quantitative estimate of drug-likeness (QED) is 0.600. The number of hydroxylamine groups is 2. The maximum absolute atomic E-state index is 13.5. The molecular weight excluding hydrogens is 238 g/mol. The molecule has 0 bridgehead atoms. The Balaban J connectivity index is 2.10. The molecule has 8 heteroatoms. The first-order chi connectivity index (χ1) is 7.74. The second-order valence-corrected chi connectivity index (χ2v) is 4.64. The highest BCUT2D eigenvalue weighted by Crippen LogP contribution is 2.35. The van der Waals surface area contributed by atoms with E-state index in [0.29, 0.717) is 0 Å². The molecule has 2 rings (SSSR count). The predicted octanol–water partition coefficient (Wildman–Crippen LogP) is -0.955. The van der Waals surface area contributed by atoms with Gasteiger partial charge in [-0.1, -0.05) is 0 Å². The van der Waals surface area contributed by atoms with Crippen LogP contribution < -0.4 is 5.32 Å². The van der Waals surface area contributed by atoms with Crippen molar-refractivity contribution in [3.8, 4) is 0 Å². The second kappa shape index (κ2) is 3.84. The van der Waals surface area contributed by atoms with Crippen molar-refractivity contribution in [3.05, 3.63) is 0 Å². The van der Waals surface area contributed by atoms with Crippen LogP contribution in [0.4, 0.5) is 8.78 Å². The lowest BCUT2D eigenvalue weighted by molar-refractivity contribution is -0.209. The zero-order valence-corrected chi connectivity index (χ0v) is 9.19. The summed E-state index contributed by atoms with van der Waals surface area (Å²) in [6.45, 7) is 0.140. The Bertz CT molecular complexity index is 337. The summed E-state index contributed by atoms with van der Waals surface area (Å²) in [5.74, 6) is -4.46. The predicted molar refractivity (Wildman–Crippen MR) is 51.4 cm³/mol. The number of carbonyl (C=O) groups is 1. The van der Waals surface area contributed by atoms with Crippen molar-refractivity contribution in [3.63, 3.8) is 0 Å². The maximum atomic E-state index is 13.5. The van der Waals surface area contributed by atoms with Gasteiger partial charge >= 0.3 is 5.97 Å². The lowest BCUT2D eigenvalue weighted by Gasteiger charge is -2.30. The first kappa shape index (κ1) is 12.6. The smallest absolute Gasteiger partial charge is 0.336 e. The lowest BCUT2D eigenvalue weighted by atomic mass is 10.0. The fourth-order valence-corrected chi connectivity index (χ4v) is 2.11. The summed E-state index contributed by atoms with van der Waals surface area (Å²) in [6, 6.07) is -1.76. The Morgan fingerprint density at radius 1 is 1.71 bits per heavy atom. The van der Waals surface area contributed by atoms with Crippen LogP contribution in [0.15, 0.2) is 0 Å². The molecule has 3 N–H and O–H groups in total. The Kier molecular flexibility index (Phi) is 2.85. The summed E-state index contributed by atoms with van der Waals surface area (Å²) < 4.78 is 27.0. The van der Waals surface area contributed by atoms with Gasteiger partial charge in [-0.25, -0.2) is 13.6 Å². The molecule has 0 aromatic carbocycles. The number of carboxylic acids is 1. The number of nitrogens with zero attached hydrogens (tertiary/aromatic N) is 1. The van der Waals surface area contributed by atoms with Crippen LogP contribution in [0.1, 0.15) is 6.92 Å². The van der Waals surface area contributed by atoms with E-state index >= 15 is 0 Å². The molecule has 0 spiro atoms. The van der Waals surface area contributed by atoms with E-state index in [-0.39, 0.29) is 6.61 Å². The van der Waals surface area contributed by atoms with Crippen LogP contribution in [0.25, 0.3) is 0 Å². The minimum atomic E-state index is -2.99. The molecule has 2 aliphatic heterocycles. The second-order valence-electron chi connectivity index (χ2n) is 4.64. The summed E-state index contributed by atoms with van der Waals surface area (Å²) in [7, 11) is 0. The lowest BCUT2D eigenvalue weighted by Crippen LogP contribution is -2.52. The number of alkyl halides is 2. The van der Waals surface area contributed by atoms with Gasteiger partial charge in [0.2, 0.25) is 0 Å². The third kappa shape index (κ3) is 2.13. The van der Waals surface area contributed by atoms with E-state index in [1.165, 1.54) is 0 Å². The van der Waals surface area contributed by atoms with Crippen LogP contribution in [0.5, 0.6) is 0 Å². The highest BCUT2D eigenvalue weighted by Gasteiger charge is 2.58. The fraction of sp³-hybridized carbons (Fsp3) is 0.889. The molecule has 0 amide bonds. The SMILES string of the molecule is CC(O)(CN1OC[C@H]2NCC(F)(F)[C@H]21)C(=O)O. The Morgan fingerprint density at radius 2 is 2.35 bits per heavy atom. The molecule has 17 heavy (non-hydrogen) atoms. The number of aliphatic carboxylic acids is 1. The van der Waals surface area contributed by atoms with Gasteiger partial charge < -0.3 is 15.5 Å². The van der Waals surface area contributed by atoms with Gasteiger partial charge in [-0.2, -0.15) is 5.06 Å². The summed E-state index contributed by atoms with van der Waals surface area (Å²) in [5, 5.41) is 21.8. The first-order valence-electron chi connectivity index (χ1n) is 5.20. The van der Waals surface area contributed by atoms with Crippen LogP contribution in [0.3, 0.4) is 0 Å². The molecule has 0 radical (unpaired) electrons. The first-order valence-corrected chi connectivity index (χ1v) is 5.20. The normalized spacial score (nSPS) is 35.5. The molecule has 2 aliphatic rings. The van der Waals surface area contributed by atoms with Crippen molar-refractivity contribution < 1.29 is 28.6 Å². The number of halogens is 2. The molecule has 0 aliphatic carbocycles. The van der Waals surface area contributed by atoms with Gasteiger partial charge in [0.25, 0.3) is 5.92 Å². The molecule has 3 atom stereocenters. The zero-order chi connectivity index (χ0) is 12.8. The number of fused-ring (bicyclic) bond motifs is 1. The summed E-state index contributed by atoms with van der Waals surface area (Å²) in [4.78, 5) is 15.7. The number of rotatable bonds is 3. The topological polar surface area (TPSA) is 82.0 Å². The van der Waals surface area contributed by atoms with E-state index in [4.69, 9.17) is 9.94 Å². The standard InChI is InChI=1S/C9H14F2N2O4/c1-8(16,7(14)15)4-13-6-5(2-17-13)12-3-9(6,10)11/h5-6,12,16H,2-4H2,1H3,(H,14,15)/t5-,6+,8?/m1/s1. The zero-order valence-electron chi connectivity index (χ0n) is 9.19. The molecule has 1 unspecified atom stereocenters. The Labute approximate surface area is 96.1 Å². The molecule has 2 saturated heterocycles. The molecular formula is C9H14F2N2O4. The summed E-state index contributed by atoms with van der Waals surface area (Å²) in [6.07, 6.45) is 0. The summed E-state index contributed by atoms with van der Waals surface area (Å²) in [5.41, 5.74) is -2.12. The van der Waals surface area contributed by atoms with Crippen molar-refractivity contribution in [1.82, 2.24) is 10.4 Å². The minimum absolute atomic E-state index is 0.0515. The van der Waals surface area contributed by atoms with Gasteiger partial charge in [0.05, 0.1) is 25.7 Å². The third-order valence-corrected chi connectivity index (χ3v) is 3.07. The third-order valence-electron chi connectivity index (χ3n) is 3.07. The minimum Gasteiger partial charge on any atom is -0.479 e. The monoisotopic (exact) mass is 252 g/mol. The fourth-order valence-electron chi connectivity index (χ4n) is 2.11. The molecule has 0 aromatic heterocycles. The number of nitrogens with one attached hydrogen (secondary N) is 1. The molecule has 0 aromatic rings. The number of hydrogen-bond donors (Lipinski definition) is 3. The number of hydrogen-bond acceptors (Lipinski definition) is 5. The van der Waals surface area contributed by atoms with E-state index < -0.39 is 42.7 Å². The number of carboxylic acid groups (broad SMARTS) is 1. The molecule has 6 nitrogen and oxygen atoms in total. The van der Waals surface area contributed by atoms with Crippen LogP contribution in [0, 0.1) is 0 Å². The van der Waals surface area contributed by atoms with Crippen molar-refractivity contribution in [2.75, 3.05) is 19.7 Å². The number of β-amino-alcohol motifs (C(OH)–C–C–N with tert-alkyl or cyclic N) is 1. The highest BCUT2D eigenvalue weighted by atomic mass is 19.3. The van der Waals surface area contributed by atoms with E-state index in [2.05, 4.69) is 5.32 Å². The molecule has 2 heterocycles. The van der Waals surface area contributed by atoms with Gasteiger partial charge in [0.15, 0.2) is 5.60 Å². The average Bonchev–Trinajstić information content (AvgIpc) is 2.69. The van der Waals surface area contributed by atoms with Crippen LogP contribution in [-0.4, -0.2) is 64.5 Å². The number of aliphatic hydroxyl groups is 1. The Hall–Kier alpha value is -0.830. The molecule has 98 valence electrons. The van der Waals surface area contributed by atoms with Crippen molar-refractivity contribution in [2.45, 2.75) is 30.5 Å². The van der Waals surface area contributed by atoms with Crippen molar-refractivity contribution >= 4 is 5.97 Å². The van der Waals surface area contributed by atoms with E-state index in [1.807, 2.05) is 0 Å². The molecule has 0 saturated carbocycles. The van der Waals surface area contributed by atoms with Gasteiger partial charge in [0, 0.05) is 0 Å². The van der Waals surface area contributed by atoms with Gasteiger partial charge in [-0.05, 0) is 6.92 Å². The van der Waals surface area contributed by atoms with E-state index in [0.717, 1.165) is 12.0 Å². The van der Waals surface area contributed by atoms with Gasteiger partial charge in [-0.3, -0.25) is 4.84 Å². The maximum Gasteiger partial charge on any atom is 0.336 e.